The Morgan fingerprint density at radius 2 is 2.14 bits per heavy atom. The maximum Gasteiger partial charge on any atom is 0.203 e. The van der Waals surface area contributed by atoms with Gasteiger partial charge in [0.1, 0.15) is 6.61 Å². The third kappa shape index (κ3) is 4.02. The van der Waals surface area contributed by atoms with Crippen LogP contribution in [0.5, 0.6) is 0 Å². The molecular weight excluding hydrogens is 198 g/mol. The first-order valence-electron chi connectivity index (χ1n) is 4.70. The summed E-state index contributed by atoms with van der Waals surface area (Å²) in [7, 11) is 0. The minimum atomic E-state index is 0.0302. The van der Waals surface area contributed by atoms with Gasteiger partial charge in [0.05, 0.1) is 0 Å². The van der Waals surface area contributed by atoms with E-state index < -0.39 is 0 Å². The standard InChI is InChI=1S/C9H17N3OS/c1-5-13-6-7-10-8(14-12-7)11-9(2,3)4/h5-6H2,1-4H3,(H,10,11,12). The molecule has 0 spiro atoms. The van der Waals surface area contributed by atoms with E-state index in [1.807, 2.05) is 6.92 Å². The quantitative estimate of drug-likeness (QED) is 0.837. The first kappa shape index (κ1) is 11.4. The van der Waals surface area contributed by atoms with Crippen molar-refractivity contribution in [1.29, 1.82) is 0 Å². The summed E-state index contributed by atoms with van der Waals surface area (Å²) in [4.78, 5) is 4.30. The van der Waals surface area contributed by atoms with Crippen molar-refractivity contribution in [2.45, 2.75) is 39.8 Å². The number of rotatable bonds is 4. The molecule has 0 aliphatic heterocycles. The molecule has 5 heteroatoms. The molecule has 1 aromatic heterocycles. The Balaban J connectivity index is 2.51. The van der Waals surface area contributed by atoms with Gasteiger partial charge in [-0.15, -0.1) is 0 Å². The summed E-state index contributed by atoms with van der Waals surface area (Å²) in [6.45, 7) is 9.44. The van der Waals surface area contributed by atoms with Crippen LogP contribution in [0.1, 0.15) is 33.5 Å². The predicted octanol–water partition coefficient (Wildman–Crippen LogP) is 2.29. The second-order valence-electron chi connectivity index (χ2n) is 4.03. The Morgan fingerprint density at radius 3 is 2.71 bits per heavy atom. The summed E-state index contributed by atoms with van der Waals surface area (Å²) in [6, 6.07) is 0. The molecule has 0 bridgehead atoms. The van der Waals surface area contributed by atoms with Gasteiger partial charge < -0.3 is 10.1 Å². The molecule has 0 unspecified atom stereocenters. The largest absolute Gasteiger partial charge is 0.374 e. The fraction of sp³-hybridized carbons (Fsp3) is 0.778. The van der Waals surface area contributed by atoms with Gasteiger partial charge >= 0.3 is 0 Å². The third-order valence-corrected chi connectivity index (χ3v) is 2.05. The minimum Gasteiger partial charge on any atom is -0.374 e. The highest BCUT2D eigenvalue weighted by molar-refractivity contribution is 7.09. The van der Waals surface area contributed by atoms with Gasteiger partial charge in [0, 0.05) is 23.7 Å². The molecule has 1 heterocycles. The van der Waals surface area contributed by atoms with Crippen molar-refractivity contribution >= 4 is 16.7 Å². The number of nitrogens with zero attached hydrogens (tertiary/aromatic N) is 2. The van der Waals surface area contributed by atoms with Crippen molar-refractivity contribution in [3.05, 3.63) is 5.82 Å². The van der Waals surface area contributed by atoms with E-state index in [0.29, 0.717) is 13.2 Å². The maximum absolute atomic E-state index is 5.22. The lowest BCUT2D eigenvalue weighted by Gasteiger charge is -2.18. The second-order valence-corrected chi connectivity index (χ2v) is 4.78. The average Bonchev–Trinajstić information content (AvgIpc) is 2.46. The van der Waals surface area contributed by atoms with Gasteiger partial charge in [0.2, 0.25) is 5.13 Å². The van der Waals surface area contributed by atoms with E-state index in [2.05, 4.69) is 35.4 Å². The zero-order valence-electron chi connectivity index (χ0n) is 9.13. The molecule has 0 aliphatic carbocycles. The van der Waals surface area contributed by atoms with Crippen molar-refractivity contribution in [3.8, 4) is 0 Å². The van der Waals surface area contributed by atoms with E-state index in [1.165, 1.54) is 11.5 Å². The van der Waals surface area contributed by atoms with Crippen LogP contribution in [0.25, 0.3) is 0 Å². The SMILES string of the molecule is CCOCc1nsc(NC(C)(C)C)n1. The number of ether oxygens (including phenoxy) is 1. The van der Waals surface area contributed by atoms with Gasteiger partial charge in [-0.2, -0.15) is 4.37 Å². The number of hydrogen-bond acceptors (Lipinski definition) is 5. The predicted molar refractivity (Wildman–Crippen MR) is 58.6 cm³/mol. The van der Waals surface area contributed by atoms with Crippen molar-refractivity contribution in [2.24, 2.45) is 0 Å². The molecule has 1 N–H and O–H groups in total. The zero-order valence-corrected chi connectivity index (χ0v) is 9.94. The average molecular weight is 215 g/mol. The molecular formula is C9H17N3OS. The third-order valence-electron chi connectivity index (χ3n) is 1.39. The molecule has 0 atom stereocenters. The molecule has 1 aromatic rings. The Morgan fingerprint density at radius 1 is 1.43 bits per heavy atom. The number of anilines is 1. The monoisotopic (exact) mass is 215 g/mol. The first-order valence-corrected chi connectivity index (χ1v) is 5.47. The van der Waals surface area contributed by atoms with Gasteiger partial charge in [0.25, 0.3) is 0 Å². The molecule has 4 nitrogen and oxygen atoms in total. The van der Waals surface area contributed by atoms with Crippen LogP contribution in [-0.4, -0.2) is 21.5 Å². The van der Waals surface area contributed by atoms with Crippen LogP contribution in [0.3, 0.4) is 0 Å². The summed E-state index contributed by atoms with van der Waals surface area (Å²) in [5.74, 6) is 0.753. The van der Waals surface area contributed by atoms with Gasteiger partial charge in [-0.25, -0.2) is 4.98 Å². The van der Waals surface area contributed by atoms with Gasteiger partial charge in [-0.1, -0.05) is 0 Å². The highest BCUT2D eigenvalue weighted by Gasteiger charge is 2.12. The van der Waals surface area contributed by atoms with Gasteiger partial charge in [0.15, 0.2) is 5.82 Å². The van der Waals surface area contributed by atoms with Crippen molar-refractivity contribution in [3.63, 3.8) is 0 Å². The van der Waals surface area contributed by atoms with E-state index in [1.54, 1.807) is 0 Å². The van der Waals surface area contributed by atoms with Crippen LogP contribution < -0.4 is 5.32 Å². The van der Waals surface area contributed by atoms with Crippen LogP contribution in [0.15, 0.2) is 0 Å². The Hall–Kier alpha value is -0.680. The summed E-state index contributed by atoms with van der Waals surface area (Å²) in [6.07, 6.45) is 0. The summed E-state index contributed by atoms with van der Waals surface area (Å²) in [5.41, 5.74) is 0.0302. The van der Waals surface area contributed by atoms with Crippen LogP contribution in [0, 0.1) is 0 Å². The second kappa shape index (κ2) is 4.70. The Kier molecular flexibility index (Phi) is 3.83. The van der Waals surface area contributed by atoms with E-state index >= 15 is 0 Å². The van der Waals surface area contributed by atoms with E-state index in [0.717, 1.165) is 11.0 Å². The minimum absolute atomic E-state index is 0.0302. The molecule has 80 valence electrons. The first-order chi connectivity index (χ1) is 6.51. The van der Waals surface area contributed by atoms with Gasteiger partial charge in [-0.05, 0) is 27.7 Å². The maximum atomic E-state index is 5.22. The van der Waals surface area contributed by atoms with Crippen LogP contribution in [0.2, 0.25) is 0 Å². The number of nitrogens with one attached hydrogen (secondary N) is 1. The molecule has 0 aliphatic rings. The molecule has 1 rings (SSSR count). The van der Waals surface area contributed by atoms with E-state index in [9.17, 15) is 0 Å². The molecule has 0 saturated carbocycles. The Labute approximate surface area is 88.9 Å². The number of hydrogen-bond donors (Lipinski definition) is 1. The molecule has 14 heavy (non-hydrogen) atoms. The topological polar surface area (TPSA) is 47.0 Å². The lowest BCUT2D eigenvalue weighted by molar-refractivity contribution is 0.129. The van der Waals surface area contributed by atoms with Gasteiger partial charge in [-0.3, -0.25) is 0 Å². The fourth-order valence-electron chi connectivity index (χ4n) is 0.878. The van der Waals surface area contributed by atoms with Crippen molar-refractivity contribution in [2.75, 3.05) is 11.9 Å². The molecule has 0 saturated heterocycles. The summed E-state index contributed by atoms with van der Waals surface area (Å²) < 4.78 is 9.40. The molecule has 0 aromatic carbocycles. The molecule has 0 fully saturated rings. The van der Waals surface area contributed by atoms with Crippen LogP contribution in [0.4, 0.5) is 5.13 Å². The van der Waals surface area contributed by atoms with Crippen LogP contribution >= 0.6 is 11.5 Å². The van der Waals surface area contributed by atoms with Crippen molar-refractivity contribution in [1.82, 2.24) is 9.36 Å². The highest BCUT2D eigenvalue weighted by atomic mass is 32.1. The van der Waals surface area contributed by atoms with Crippen LogP contribution in [-0.2, 0) is 11.3 Å². The summed E-state index contributed by atoms with van der Waals surface area (Å²) in [5, 5.41) is 4.12. The fourth-order valence-corrected chi connectivity index (χ4v) is 1.66. The molecule has 0 amide bonds. The van der Waals surface area contributed by atoms with E-state index in [-0.39, 0.29) is 5.54 Å². The highest BCUT2D eigenvalue weighted by Crippen LogP contribution is 2.16. The zero-order chi connectivity index (χ0) is 10.6. The molecule has 0 radical (unpaired) electrons. The Bertz CT molecular complexity index is 280. The van der Waals surface area contributed by atoms with Crippen molar-refractivity contribution < 1.29 is 4.74 Å². The summed E-state index contributed by atoms with van der Waals surface area (Å²) >= 11 is 1.37. The normalized spacial score (nSPS) is 11.7. The number of aromatic nitrogens is 2. The smallest absolute Gasteiger partial charge is 0.203 e. The lowest BCUT2D eigenvalue weighted by atomic mass is 10.1. The lowest BCUT2D eigenvalue weighted by Crippen LogP contribution is -2.25. The van der Waals surface area contributed by atoms with E-state index in [4.69, 9.17) is 4.74 Å².